The number of hydrogen-bond acceptors (Lipinski definition) is 7. The maximum absolute atomic E-state index is 12.5. The van der Waals surface area contributed by atoms with Crippen molar-refractivity contribution in [2.75, 3.05) is 25.0 Å². The van der Waals surface area contributed by atoms with Crippen molar-refractivity contribution in [1.29, 1.82) is 5.26 Å². The zero-order valence-electron chi connectivity index (χ0n) is 16.3. The molecule has 5 rings (SSSR count). The number of aromatic nitrogens is 4. The van der Waals surface area contributed by atoms with Crippen LogP contribution in [-0.2, 0) is 4.79 Å². The fourth-order valence-electron chi connectivity index (χ4n) is 3.52. The summed E-state index contributed by atoms with van der Waals surface area (Å²) < 4.78 is 2.45. The Labute approximate surface area is 185 Å². The Morgan fingerprint density at radius 3 is 2.81 bits per heavy atom. The van der Waals surface area contributed by atoms with Gasteiger partial charge in [-0.25, -0.2) is 9.97 Å². The highest BCUT2D eigenvalue weighted by atomic mass is 79.9. The van der Waals surface area contributed by atoms with Gasteiger partial charge in [-0.05, 0) is 52.3 Å². The fraction of sp³-hybridized carbons (Fsp3) is 0.190. The Balaban J connectivity index is 1.67. The molecule has 9 nitrogen and oxygen atoms in total. The summed E-state index contributed by atoms with van der Waals surface area (Å²) in [5, 5.41) is 23.9. The van der Waals surface area contributed by atoms with Gasteiger partial charge in [-0.1, -0.05) is 6.07 Å². The second-order valence-electron chi connectivity index (χ2n) is 7.12. The van der Waals surface area contributed by atoms with Crippen LogP contribution in [0.15, 0.2) is 46.9 Å². The summed E-state index contributed by atoms with van der Waals surface area (Å²) in [6, 6.07) is 14.5. The SMILES string of the molecule is N#Cc1ccc(-c2nc3c4cccc(Br)c4nc(N[C@@H]4CNCCNC4=O)n3n2)cc1. The van der Waals surface area contributed by atoms with Crippen LogP contribution in [0.1, 0.15) is 5.56 Å². The molecule has 4 aromatic rings. The number of halogens is 1. The predicted molar refractivity (Wildman–Crippen MR) is 119 cm³/mol. The van der Waals surface area contributed by atoms with Crippen LogP contribution in [0.3, 0.4) is 0 Å². The molecule has 1 atom stereocenters. The number of amides is 1. The molecule has 31 heavy (non-hydrogen) atoms. The molecule has 154 valence electrons. The summed E-state index contributed by atoms with van der Waals surface area (Å²) >= 11 is 3.56. The molecule has 1 aliphatic heterocycles. The van der Waals surface area contributed by atoms with E-state index < -0.39 is 6.04 Å². The molecule has 3 heterocycles. The second kappa shape index (κ2) is 7.94. The number of carbonyl (C=O) groups is 1. The molecule has 0 saturated carbocycles. The topological polar surface area (TPSA) is 120 Å². The van der Waals surface area contributed by atoms with Crippen LogP contribution in [0.2, 0.25) is 0 Å². The van der Waals surface area contributed by atoms with Crippen LogP contribution in [0, 0.1) is 11.3 Å². The summed E-state index contributed by atoms with van der Waals surface area (Å²) in [5.74, 6) is 0.829. The standard InChI is InChI=1S/C21H17BrN8O/c22-15-3-1-2-14-17(15)27-21(26-16-11-24-8-9-25-20(16)31)30-19(14)28-18(29-30)13-6-4-12(10-23)5-7-13/h1-7,16,24H,8-9,11H2,(H,25,31)(H,26,27)/t16-/m1/s1. The summed E-state index contributed by atoms with van der Waals surface area (Å²) in [4.78, 5) is 21.9. The van der Waals surface area contributed by atoms with E-state index in [2.05, 4.69) is 43.0 Å². The third-order valence-electron chi connectivity index (χ3n) is 5.09. The molecule has 1 fully saturated rings. The molecule has 1 saturated heterocycles. The molecule has 10 heteroatoms. The number of nitriles is 1. The van der Waals surface area contributed by atoms with Gasteiger partial charge >= 0.3 is 0 Å². The number of hydrogen-bond donors (Lipinski definition) is 3. The van der Waals surface area contributed by atoms with Gasteiger partial charge in [0.1, 0.15) is 6.04 Å². The third-order valence-corrected chi connectivity index (χ3v) is 5.73. The van der Waals surface area contributed by atoms with Crippen LogP contribution in [-0.4, -0.2) is 51.2 Å². The monoisotopic (exact) mass is 476 g/mol. The number of nitrogens with zero attached hydrogens (tertiary/aromatic N) is 5. The highest BCUT2D eigenvalue weighted by Gasteiger charge is 2.23. The fourth-order valence-corrected chi connectivity index (χ4v) is 3.97. The van der Waals surface area contributed by atoms with Crippen molar-refractivity contribution < 1.29 is 4.79 Å². The van der Waals surface area contributed by atoms with E-state index in [1.807, 2.05) is 30.3 Å². The normalized spacial score (nSPS) is 16.6. The minimum absolute atomic E-state index is 0.0976. The Bertz CT molecular complexity index is 1340. The van der Waals surface area contributed by atoms with Gasteiger partial charge in [-0.2, -0.15) is 9.78 Å². The molecule has 0 aliphatic carbocycles. The Hall–Kier alpha value is -3.55. The van der Waals surface area contributed by atoms with Gasteiger partial charge in [-0.15, -0.1) is 5.10 Å². The van der Waals surface area contributed by atoms with Crippen molar-refractivity contribution in [2.24, 2.45) is 0 Å². The number of carbonyl (C=O) groups excluding carboxylic acids is 1. The number of para-hydroxylation sites is 1. The number of anilines is 1. The first-order chi connectivity index (χ1) is 15.1. The smallest absolute Gasteiger partial charge is 0.243 e. The lowest BCUT2D eigenvalue weighted by Crippen LogP contribution is -2.42. The maximum atomic E-state index is 12.5. The van der Waals surface area contributed by atoms with Crippen LogP contribution in [0.25, 0.3) is 27.9 Å². The lowest BCUT2D eigenvalue weighted by molar-refractivity contribution is -0.121. The van der Waals surface area contributed by atoms with Crippen LogP contribution >= 0.6 is 15.9 Å². The average molecular weight is 477 g/mol. The number of benzene rings is 2. The van der Waals surface area contributed by atoms with E-state index in [1.54, 1.807) is 16.6 Å². The van der Waals surface area contributed by atoms with Crippen molar-refractivity contribution in [2.45, 2.75) is 6.04 Å². The van der Waals surface area contributed by atoms with Crippen LogP contribution < -0.4 is 16.0 Å². The first-order valence-corrected chi connectivity index (χ1v) is 10.5. The van der Waals surface area contributed by atoms with Gasteiger partial charge in [-0.3, -0.25) is 4.79 Å². The van der Waals surface area contributed by atoms with E-state index in [0.717, 1.165) is 20.9 Å². The van der Waals surface area contributed by atoms with Crippen molar-refractivity contribution in [3.8, 4) is 17.5 Å². The molecule has 1 amide bonds. The van der Waals surface area contributed by atoms with Gasteiger partial charge in [0.05, 0.1) is 17.1 Å². The Kier molecular flexibility index (Phi) is 4.97. The zero-order chi connectivity index (χ0) is 21.4. The van der Waals surface area contributed by atoms with Crippen molar-refractivity contribution >= 4 is 44.3 Å². The molecule has 0 radical (unpaired) electrons. The third kappa shape index (κ3) is 3.58. The van der Waals surface area contributed by atoms with Gasteiger partial charge < -0.3 is 16.0 Å². The van der Waals surface area contributed by atoms with Crippen molar-refractivity contribution in [1.82, 2.24) is 30.2 Å². The van der Waals surface area contributed by atoms with E-state index in [1.165, 1.54) is 0 Å². The molecule has 0 unspecified atom stereocenters. The molecule has 2 aromatic heterocycles. The van der Waals surface area contributed by atoms with E-state index in [9.17, 15) is 4.79 Å². The maximum Gasteiger partial charge on any atom is 0.243 e. The minimum atomic E-state index is -0.499. The first kappa shape index (κ1) is 19.4. The molecule has 3 N–H and O–H groups in total. The number of fused-ring (bicyclic) bond motifs is 3. The largest absolute Gasteiger partial charge is 0.353 e. The Morgan fingerprint density at radius 2 is 2.00 bits per heavy atom. The van der Waals surface area contributed by atoms with Crippen molar-refractivity contribution in [3.05, 3.63) is 52.5 Å². The zero-order valence-corrected chi connectivity index (χ0v) is 17.8. The van der Waals surface area contributed by atoms with Gasteiger partial charge in [0.25, 0.3) is 0 Å². The predicted octanol–water partition coefficient (Wildman–Crippen LogP) is 2.08. The summed E-state index contributed by atoms with van der Waals surface area (Å²) in [7, 11) is 0. The van der Waals surface area contributed by atoms with Gasteiger partial charge in [0.2, 0.25) is 11.9 Å². The highest BCUT2D eigenvalue weighted by Crippen LogP contribution is 2.29. The Morgan fingerprint density at radius 1 is 1.16 bits per heavy atom. The van der Waals surface area contributed by atoms with Crippen molar-refractivity contribution in [3.63, 3.8) is 0 Å². The summed E-state index contributed by atoms with van der Waals surface area (Å²) in [5.41, 5.74) is 2.69. The first-order valence-electron chi connectivity index (χ1n) is 9.74. The molecular weight excluding hydrogens is 460 g/mol. The average Bonchev–Trinajstić information content (AvgIpc) is 3.15. The van der Waals surface area contributed by atoms with Gasteiger partial charge in [0.15, 0.2) is 11.5 Å². The lowest BCUT2D eigenvalue weighted by atomic mass is 10.1. The lowest BCUT2D eigenvalue weighted by Gasteiger charge is -2.17. The summed E-state index contributed by atoms with van der Waals surface area (Å²) in [6.45, 7) is 1.76. The molecule has 1 aliphatic rings. The minimum Gasteiger partial charge on any atom is -0.353 e. The molecule has 0 spiro atoms. The summed E-state index contributed by atoms with van der Waals surface area (Å²) in [6.07, 6.45) is 0. The van der Waals surface area contributed by atoms with Crippen LogP contribution in [0.5, 0.6) is 0 Å². The van der Waals surface area contributed by atoms with E-state index >= 15 is 0 Å². The van der Waals surface area contributed by atoms with E-state index in [4.69, 9.17) is 15.2 Å². The number of rotatable bonds is 3. The second-order valence-corrected chi connectivity index (χ2v) is 7.98. The van der Waals surface area contributed by atoms with Crippen LogP contribution in [0.4, 0.5) is 5.95 Å². The molecule has 2 aromatic carbocycles. The quantitative estimate of drug-likeness (QED) is 0.413. The van der Waals surface area contributed by atoms with E-state index in [0.29, 0.717) is 42.6 Å². The number of nitrogens with one attached hydrogen (secondary N) is 3. The molecular formula is C21H17BrN8O. The highest BCUT2D eigenvalue weighted by molar-refractivity contribution is 9.10. The van der Waals surface area contributed by atoms with E-state index in [-0.39, 0.29) is 5.91 Å². The van der Waals surface area contributed by atoms with Gasteiger partial charge in [0, 0.05) is 35.1 Å². The molecule has 0 bridgehead atoms.